The Hall–Kier alpha value is -0.430. The zero-order valence-electron chi connectivity index (χ0n) is 10.2. The molecule has 0 radical (unpaired) electrons. The molecule has 0 bridgehead atoms. The van der Waals surface area contributed by atoms with E-state index in [-0.39, 0.29) is 6.04 Å². The molecule has 0 amide bonds. The number of aryl methyl sites for hydroxylation is 1. The van der Waals surface area contributed by atoms with Gasteiger partial charge in [-0.05, 0) is 59.9 Å². The number of benzene rings is 1. The molecule has 1 aromatic rings. The van der Waals surface area contributed by atoms with Crippen LogP contribution < -0.4 is 10.0 Å². The Balaban J connectivity index is 2.19. The predicted molar refractivity (Wildman–Crippen MR) is 75.1 cm³/mol. The van der Waals surface area contributed by atoms with Crippen LogP contribution in [0.15, 0.2) is 27.6 Å². The van der Waals surface area contributed by atoms with Crippen LogP contribution in [0.2, 0.25) is 0 Å². The normalized spacial score (nSPS) is 20.9. The van der Waals surface area contributed by atoms with Crippen LogP contribution in [0.4, 0.5) is 0 Å². The van der Waals surface area contributed by atoms with Crippen LogP contribution in [0.25, 0.3) is 0 Å². The molecule has 0 unspecified atom stereocenters. The van der Waals surface area contributed by atoms with Gasteiger partial charge in [0.25, 0.3) is 0 Å². The maximum atomic E-state index is 12.3. The van der Waals surface area contributed by atoms with Gasteiger partial charge in [-0.15, -0.1) is 0 Å². The molecular formula is C12H17BrN2O2S. The molecule has 1 aliphatic heterocycles. The van der Waals surface area contributed by atoms with Gasteiger partial charge in [-0.2, -0.15) is 0 Å². The molecule has 2 N–H and O–H groups in total. The lowest BCUT2D eigenvalue weighted by Gasteiger charge is -2.23. The second-order valence-corrected chi connectivity index (χ2v) is 7.14. The van der Waals surface area contributed by atoms with Gasteiger partial charge < -0.3 is 5.32 Å². The SMILES string of the molecule is Cc1ccc(S(=O)(=O)N[C@@H]2CCCNC2)c(Br)c1. The lowest BCUT2D eigenvalue weighted by Crippen LogP contribution is -2.45. The summed E-state index contributed by atoms with van der Waals surface area (Å²) in [5, 5.41) is 3.19. The van der Waals surface area contributed by atoms with E-state index in [4.69, 9.17) is 0 Å². The Morgan fingerprint density at radius 3 is 2.83 bits per heavy atom. The smallest absolute Gasteiger partial charge is 0.241 e. The van der Waals surface area contributed by atoms with E-state index in [1.54, 1.807) is 12.1 Å². The van der Waals surface area contributed by atoms with Gasteiger partial charge in [-0.25, -0.2) is 13.1 Å². The lowest BCUT2D eigenvalue weighted by atomic mass is 10.1. The summed E-state index contributed by atoms with van der Waals surface area (Å²) in [6.45, 7) is 3.59. The van der Waals surface area contributed by atoms with Gasteiger partial charge in [0, 0.05) is 17.1 Å². The first-order valence-corrected chi connectivity index (χ1v) is 8.26. The number of rotatable bonds is 3. The van der Waals surface area contributed by atoms with E-state index in [9.17, 15) is 8.42 Å². The summed E-state index contributed by atoms with van der Waals surface area (Å²) >= 11 is 3.31. The molecule has 0 aliphatic carbocycles. The first kappa shape index (κ1) is 14.0. The summed E-state index contributed by atoms with van der Waals surface area (Å²) in [7, 11) is -3.44. The molecule has 4 nitrogen and oxygen atoms in total. The van der Waals surface area contributed by atoms with E-state index in [2.05, 4.69) is 26.0 Å². The van der Waals surface area contributed by atoms with Crippen molar-refractivity contribution >= 4 is 26.0 Å². The predicted octanol–water partition coefficient (Wildman–Crippen LogP) is 1.79. The van der Waals surface area contributed by atoms with Crippen molar-refractivity contribution in [2.45, 2.75) is 30.7 Å². The molecule has 1 saturated heterocycles. The Morgan fingerprint density at radius 1 is 1.44 bits per heavy atom. The molecule has 1 atom stereocenters. The standard InChI is InChI=1S/C12H17BrN2O2S/c1-9-4-5-12(11(13)7-9)18(16,17)15-10-3-2-6-14-8-10/h4-5,7,10,14-15H,2-3,6,8H2,1H3/t10-/m1/s1. The highest BCUT2D eigenvalue weighted by Gasteiger charge is 2.23. The van der Waals surface area contributed by atoms with Crippen LogP contribution >= 0.6 is 15.9 Å². The number of sulfonamides is 1. The lowest BCUT2D eigenvalue weighted by molar-refractivity contribution is 0.428. The molecule has 0 aromatic heterocycles. The van der Waals surface area contributed by atoms with Gasteiger partial charge in [-0.3, -0.25) is 0 Å². The summed E-state index contributed by atoms with van der Waals surface area (Å²) in [5.74, 6) is 0. The van der Waals surface area contributed by atoms with Crippen molar-refractivity contribution in [3.05, 3.63) is 28.2 Å². The van der Waals surface area contributed by atoms with E-state index in [0.717, 1.165) is 24.9 Å². The summed E-state index contributed by atoms with van der Waals surface area (Å²) in [6.07, 6.45) is 1.89. The Bertz CT molecular complexity index is 525. The molecule has 100 valence electrons. The highest BCUT2D eigenvalue weighted by molar-refractivity contribution is 9.10. The third-order valence-corrected chi connectivity index (χ3v) is 5.49. The van der Waals surface area contributed by atoms with Crippen molar-refractivity contribution < 1.29 is 8.42 Å². The average molecular weight is 333 g/mol. The summed E-state index contributed by atoms with van der Waals surface area (Å²) in [6, 6.07) is 5.24. The van der Waals surface area contributed by atoms with Crippen molar-refractivity contribution in [2.24, 2.45) is 0 Å². The molecule has 18 heavy (non-hydrogen) atoms. The van der Waals surface area contributed by atoms with Crippen molar-refractivity contribution in [3.63, 3.8) is 0 Å². The average Bonchev–Trinajstić information content (AvgIpc) is 2.29. The Labute approximate surface area is 116 Å². The van der Waals surface area contributed by atoms with Gasteiger partial charge in [0.05, 0.1) is 4.90 Å². The van der Waals surface area contributed by atoms with E-state index in [0.29, 0.717) is 15.9 Å². The Morgan fingerprint density at radius 2 is 2.22 bits per heavy atom. The number of piperidine rings is 1. The van der Waals surface area contributed by atoms with Crippen LogP contribution in [0.3, 0.4) is 0 Å². The molecule has 1 aliphatic rings. The molecule has 0 saturated carbocycles. The topological polar surface area (TPSA) is 58.2 Å². The maximum Gasteiger partial charge on any atom is 0.241 e. The third-order valence-electron chi connectivity index (χ3n) is 3.00. The molecule has 0 spiro atoms. The van der Waals surface area contributed by atoms with Gasteiger partial charge in [0.1, 0.15) is 0 Å². The number of nitrogens with one attached hydrogen (secondary N) is 2. The Kier molecular flexibility index (Phi) is 4.42. The largest absolute Gasteiger partial charge is 0.315 e. The fraction of sp³-hybridized carbons (Fsp3) is 0.500. The minimum atomic E-state index is -3.44. The third kappa shape index (κ3) is 3.32. The fourth-order valence-electron chi connectivity index (χ4n) is 2.06. The molecule has 2 rings (SSSR count). The summed E-state index contributed by atoms with van der Waals surface area (Å²) < 4.78 is 27.9. The minimum absolute atomic E-state index is 0.0167. The minimum Gasteiger partial charge on any atom is -0.315 e. The first-order valence-electron chi connectivity index (χ1n) is 5.98. The van der Waals surface area contributed by atoms with Gasteiger partial charge in [0.2, 0.25) is 10.0 Å². The van der Waals surface area contributed by atoms with E-state index >= 15 is 0 Å². The van der Waals surface area contributed by atoms with Gasteiger partial charge >= 0.3 is 0 Å². The monoisotopic (exact) mass is 332 g/mol. The van der Waals surface area contributed by atoms with Crippen LogP contribution in [-0.4, -0.2) is 27.5 Å². The number of halogens is 1. The molecular weight excluding hydrogens is 316 g/mol. The van der Waals surface area contributed by atoms with E-state index in [1.807, 2.05) is 13.0 Å². The fourth-order valence-corrected chi connectivity index (χ4v) is 4.52. The number of hydrogen-bond acceptors (Lipinski definition) is 3. The highest BCUT2D eigenvalue weighted by atomic mass is 79.9. The van der Waals surface area contributed by atoms with Crippen LogP contribution in [0, 0.1) is 6.92 Å². The first-order chi connectivity index (χ1) is 8.49. The van der Waals surface area contributed by atoms with Crippen molar-refractivity contribution in [1.82, 2.24) is 10.0 Å². The highest BCUT2D eigenvalue weighted by Crippen LogP contribution is 2.23. The quantitative estimate of drug-likeness (QED) is 0.887. The summed E-state index contributed by atoms with van der Waals surface area (Å²) in [4.78, 5) is 0.304. The van der Waals surface area contributed by atoms with Gasteiger partial charge in [-0.1, -0.05) is 6.07 Å². The summed E-state index contributed by atoms with van der Waals surface area (Å²) in [5.41, 5.74) is 1.03. The van der Waals surface area contributed by atoms with Crippen LogP contribution in [0.1, 0.15) is 18.4 Å². The maximum absolute atomic E-state index is 12.3. The zero-order valence-corrected chi connectivity index (χ0v) is 12.6. The van der Waals surface area contributed by atoms with E-state index in [1.165, 1.54) is 0 Å². The van der Waals surface area contributed by atoms with E-state index < -0.39 is 10.0 Å². The van der Waals surface area contributed by atoms with Crippen molar-refractivity contribution in [3.8, 4) is 0 Å². The second kappa shape index (κ2) is 5.69. The molecule has 6 heteroatoms. The van der Waals surface area contributed by atoms with Crippen molar-refractivity contribution in [1.29, 1.82) is 0 Å². The second-order valence-electron chi connectivity index (χ2n) is 4.60. The molecule has 1 fully saturated rings. The van der Waals surface area contributed by atoms with Crippen LogP contribution in [0.5, 0.6) is 0 Å². The zero-order chi connectivity index (χ0) is 13.2. The molecule has 1 heterocycles. The van der Waals surface area contributed by atoms with Crippen molar-refractivity contribution in [2.75, 3.05) is 13.1 Å². The molecule has 1 aromatic carbocycles. The number of hydrogen-bond donors (Lipinski definition) is 2. The van der Waals surface area contributed by atoms with Crippen LogP contribution in [-0.2, 0) is 10.0 Å². The van der Waals surface area contributed by atoms with Gasteiger partial charge in [0.15, 0.2) is 0 Å².